The van der Waals surface area contributed by atoms with Gasteiger partial charge in [-0.2, -0.15) is 0 Å². The third-order valence-corrected chi connectivity index (χ3v) is 5.26. The van der Waals surface area contributed by atoms with Gasteiger partial charge in [0.15, 0.2) is 0 Å². The van der Waals surface area contributed by atoms with E-state index in [0.29, 0.717) is 17.3 Å². The normalized spacial score (nSPS) is 16.4. The van der Waals surface area contributed by atoms with E-state index < -0.39 is 0 Å². The first-order valence-electron chi connectivity index (χ1n) is 8.19. The molecule has 1 heterocycles. The number of rotatable bonds is 5. The average Bonchev–Trinajstić information content (AvgIpc) is 2.91. The Morgan fingerprint density at radius 1 is 1.12 bits per heavy atom. The summed E-state index contributed by atoms with van der Waals surface area (Å²) >= 11 is 4.38. The SMILES string of the molecule is CC(C)N1C(=O)SC(=C(OCc2cccc(Br)c2)c2ccccc2)C1=O. The monoisotopic (exact) mass is 431 g/mol. The molecule has 0 aromatic heterocycles. The number of thioether (sulfide) groups is 1. The molecule has 0 saturated carbocycles. The van der Waals surface area contributed by atoms with Crippen LogP contribution in [0.25, 0.3) is 5.76 Å². The Labute approximate surface area is 165 Å². The Hall–Kier alpha value is -2.05. The molecule has 0 radical (unpaired) electrons. The van der Waals surface area contributed by atoms with Crippen molar-refractivity contribution in [3.63, 3.8) is 0 Å². The quantitative estimate of drug-likeness (QED) is 0.467. The maximum atomic E-state index is 12.8. The van der Waals surface area contributed by atoms with Crippen molar-refractivity contribution in [3.05, 3.63) is 75.1 Å². The van der Waals surface area contributed by atoms with Crippen molar-refractivity contribution in [1.82, 2.24) is 4.90 Å². The van der Waals surface area contributed by atoms with Gasteiger partial charge in [0.2, 0.25) is 0 Å². The smallest absolute Gasteiger partial charge is 0.293 e. The van der Waals surface area contributed by atoms with E-state index in [-0.39, 0.29) is 17.2 Å². The van der Waals surface area contributed by atoms with Gasteiger partial charge in [-0.1, -0.05) is 58.4 Å². The van der Waals surface area contributed by atoms with Crippen molar-refractivity contribution >= 4 is 44.6 Å². The zero-order chi connectivity index (χ0) is 18.7. The number of hydrogen-bond donors (Lipinski definition) is 0. The molecule has 2 amide bonds. The van der Waals surface area contributed by atoms with Crippen LogP contribution < -0.4 is 0 Å². The molecule has 0 bridgehead atoms. The Kier molecular flexibility index (Phi) is 5.84. The lowest BCUT2D eigenvalue weighted by molar-refractivity contribution is -0.123. The Balaban J connectivity index is 1.97. The van der Waals surface area contributed by atoms with E-state index in [1.54, 1.807) is 0 Å². The van der Waals surface area contributed by atoms with Gasteiger partial charge in [0.25, 0.3) is 11.1 Å². The summed E-state index contributed by atoms with van der Waals surface area (Å²) in [4.78, 5) is 26.6. The Morgan fingerprint density at radius 2 is 1.85 bits per heavy atom. The first-order chi connectivity index (χ1) is 12.5. The molecule has 1 saturated heterocycles. The fourth-order valence-corrected chi connectivity index (χ4v) is 4.08. The van der Waals surface area contributed by atoms with Crippen molar-refractivity contribution in [2.24, 2.45) is 0 Å². The summed E-state index contributed by atoms with van der Waals surface area (Å²) in [5, 5.41) is -0.264. The summed E-state index contributed by atoms with van der Waals surface area (Å²) in [7, 11) is 0. The van der Waals surface area contributed by atoms with Gasteiger partial charge in [0.05, 0.1) is 0 Å². The summed E-state index contributed by atoms with van der Waals surface area (Å²) in [6.07, 6.45) is 0. The van der Waals surface area contributed by atoms with Crippen LogP contribution in [0.2, 0.25) is 0 Å². The molecule has 1 fully saturated rings. The van der Waals surface area contributed by atoms with Crippen LogP contribution in [0.5, 0.6) is 0 Å². The number of nitrogens with zero attached hydrogens (tertiary/aromatic N) is 1. The molecular weight excluding hydrogens is 414 g/mol. The summed E-state index contributed by atoms with van der Waals surface area (Å²) in [6, 6.07) is 17.0. The lowest BCUT2D eigenvalue weighted by Crippen LogP contribution is -2.34. The maximum absolute atomic E-state index is 12.8. The summed E-state index contributed by atoms with van der Waals surface area (Å²) < 4.78 is 7.00. The highest BCUT2D eigenvalue weighted by atomic mass is 79.9. The molecule has 26 heavy (non-hydrogen) atoms. The average molecular weight is 432 g/mol. The maximum Gasteiger partial charge on any atom is 0.293 e. The van der Waals surface area contributed by atoms with Crippen molar-refractivity contribution in [2.75, 3.05) is 0 Å². The van der Waals surface area contributed by atoms with Crippen LogP contribution >= 0.6 is 27.7 Å². The zero-order valence-corrected chi connectivity index (χ0v) is 16.8. The van der Waals surface area contributed by atoms with Crippen molar-refractivity contribution in [3.8, 4) is 0 Å². The highest BCUT2D eigenvalue weighted by Crippen LogP contribution is 2.38. The lowest BCUT2D eigenvalue weighted by Gasteiger charge is -2.17. The molecule has 0 N–H and O–H groups in total. The molecule has 1 aliphatic heterocycles. The Bertz CT molecular complexity index is 864. The number of benzene rings is 2. The van der Waals surface area contributed by atoms with Crippen molar-refractivity contribution in [2.45, 2.75) is 26.5 Å². The predicted molar refractivity (Wildman–Crippen MR) is 107 cm³/mol. The minimum Gasteiger partial charge on any atom is -0.487 e. The summed E-state index contributed by atoms with van der Waals surface area (Å²) in [5.74, 6) is 0.139. The van der Waals surface area contributed by atoms with Crippen LogP contribution in [0.3, 0.4) is 0 Å². The van der Waals surface area contributed by atoms with E-state index in [0.717, 1.165) is 27.4 Å². The van der Waals surface area contributed by atoms with Crippen LogP contribution in [-0.4, -0.2) is 22.1 Å². The minimum absolute atomic E-state index is 0.192. The summed E-state index contributed by atoms with van der Waals surface area (Å²) in [5.41, 5.74) is 1.74. The number of amides is 2. The van der Waals surface area contributed by atoms with Gasteiger partial charge < -0.3 is 4.74 Å². The van der Waals surface area contributed by atoms with Gasteiger partial charge in [0.1, 0.15) is 17.3 Å². The number of imide groups is 1. The second-order valence-electron chi connectivity index (χ2n) is 6.08. The molecule has 6 heteroatoms. The number of carbonyl (C=O) groups excluding carboxylic acids is 2. The van der Waals surface area contributed by atoms with Crippen LogP contribution in [-0.2, 0) is 16.1 Å². The third-order valence-electron chi connectivity index (χ3n) is 3.83. The standard InChI is InChI=1S/C20H18BrNO3S/c1-13(2)22-19(23)18(26-20(22)24)17(15-8-4-3-5-9-15)25-12-14-7-6-10-16(21)11-14/h3-11,13H,12H2,1-2H3. The van der Waals surface area contributed by atoms with Crippen LogP contribution in [0, 0.1) is 0 Å². The Morgan fingerprint density at radius 3 is 2.46 bits per heavy atom. The van der Waals surface area contributed by atoms with E-state index in [1.165, 1.54) is 4.90 Å². The number of ether oxygens (including phenoxy) is 1. The van der Waals surface area contributed by atoms with Gasteiger partial charge >= 0.3 is 0 Å². The second-order valence-corrected chi connectivity index (χ2v) is 7.96. The minimum atomic E-state index is -0.303. The van der Waals surface area contributed by atoms with E-state index in [4.69, 9.17) is 4.74 Å². The second kappa shape index (κ2) is 8.10. The predicted octanol–water partition coefficient (Wildman–Crippen LogP) is 5.44. The molecule has 0 atom stereocenters. The summed E-state index contributed by atoms with van der Waals surface area (Å²) in [6.45, 7) is 3.95. The molecule has 134 valence electrons. The largest absolute Gasteiger partial charge is 0.487 e. The van der Waals surface area contributed by atoms with Crippen LogP contribution in [0.1, 0.15) is 25.0 Å². The highest BCUT2D eigenvalue weighted by Gasteiger charge is 2.39. The van der Waals surface area contributed by atoms with E-state index in [9.17, 15) is 9.59 Å². The van der Waals surface area contributed by atoms with E-state index >= 15 is 0 Å². The number of halogens is 1. The van der Waals surface area contributed by atoms with Gasteiger partial charge in [-0.05, 0) is 43.3 Å². The van der Waals surface area contributed by atoms with E-state index in [2.05, 4.69) is 15.9 Å². The molecular formula is C20H18BrNO3S. The fraction of sp³-hybridized carbons (Fsp3) is 0.200. The molecule has 0 spiro atoms. The first-order valence-corrected chi connectivity index (χ1v) is 9.80. The van der Waals surface area contributed by atoms with Crippen molar-refractivity contribution < 1.29 is 14.3 Å². The van der Waals surface area contributed by atoms with Crippen LogP contribution in [0.15, 0.2) is 64.0 Å². The fourth-order valence-electron chi connectivity index (χ4n) is 2.61. The molecule has 0 aliphatic carbocycles. The molecule has 0 unspecified atom stereocenters. The molecule has 4 nitrogen and oxygen atoms in total. The highest BCUT2D eigenvalue weighted by molar-refractivity contribution is 9.10. The van der Waals surface area contributed by atoms with Gasteiger partial charge in [0, 0.05) is 16.1 Å². The number of carbonyl (C=O) groups is 2. The van der Waals surface area contributed by atoms with Gasteiger partial charge in [-0.3, -0.25) is 14.5 Å². The molecule has 3 rings (SSSR count). The molecule has 2 aromatic rings. The molecule has 2 aromatic carbocycles. The molecule has 1 aliphatic rings. The number of hydrogen-bond acceptors (Lipinski definition) is 4. The van der Waals surface area contributed by atoms with Gasteiger partial charge in [-0.25, -0.2) is 0 Å². The topological polar surface area (TPSA) is 46.6 Å². The first kappa shape index (κ1) is 18.7. The van der Waals surface area contributed by atoms with Crippen LogP contribution in [0.4, 0.5) is 4.79 Å². The van der Waals surface area contributed by atoms with Crippen molar-refractivity contribution in [1.29, 1.82) is 0 Å². The van der Waals surface area contributed by atoms with E-state index in [1.807, 2.05) is 68.4 Å². The third kappa shape index (κ3) is 4.02. The zero-order valence-electron chi connectivity index (χ0n) is 14.4. The van der Waals surface area contributed by atoms with Gasteiger partial charge in [-0.15, -0.1) is 0 Å². The lowest BCUT2D eigenvalue weighted by atomic mass is 10.1.